The van der Waals surface area contributed by atoms with E-state index in [0.717, 1.165) is 30.9 Å². The molecule has 0 unspecified atom stereocenters. The second kappa shape index (κ2) is 7.10. The summed E-state index contributed by atoms with van der Waals surface area (Å²) in [6.07, 6.45) is 2.95. The molecule has 1 rings (SSSR count). The number of rotatable bonds is 7. The van der Waals surface area contributed by atoms with Gasteiger partial charge < -0.3 is 10.1 Å². The van der Waals surface area contributed by atoms with Gasteiger partial charge in [0, 0.05) is 18.0 Å². The van der Waals surface area contributed by atoms with Crippen molar-refractivity contribution in [2.24, 2.45) is 5.41 Å². The van der Waals surface area contributed by atoms with Gasteiger partial charge in [0.15, 0.2) is 0 Å². The van der Waals surface area contributed by atoms with Crippen molar-refractivity contribution in [1.82, 2.24) is 9.97 Å². The smallest absolute Gasteiger partial charge is 0.218 e. The van der Waals surface area contributed by atoms with Crippen LogP contribution in [0.1, 0.15) is 67.1 Å². The van der Waals surface area contributed by atoms with Gasteiger partial charge in [0.2, 0.25) is 5.88 Å². The molecule has 1 N–H and O–H groups in total. The van der Waals surface area contributed by atoms with Crippen LogP contribution in [0.5, 0.6) is 5.88 Å². The third-order valence-electron chi connectivity index (χ3n) is 2.95. The minimum Gasteiger partial charge on any atom is -0.478 e. The van der Waals surface area contributed by atoms with E-state index in [2.05, 4.69) is 56.8 Å². The quantitative estimate of drug-likeness (QED) is 0.806. The molecule has 0 amide bonds. The van der Waals surface area contributed by atoms with Crippen LogP contribution in [0, 0.1) is 5.41 Å². The highest BCUT2D eigenvalue weighted by Crippen LogP contribution is 2.29. The molecule has 120 valence electrons. The van der Waals surface area contributed by atoms with Gasteiger partial charge in [-0.25, -0.2) is 4.98 Å². The molecule has 1 heterocycles. The third kappa shape index (κ3) is 6.78. The molecule has 0 aliphatic rings. The van der Waals surface area contributed by atoms with Crippen molar-refractivity contribution in [3.8, 4) is 5.88 Å². The van der Waals surface area contributed by atoms with Crippen LogP contribution in [0.25, 0.3) is 0 Å². The Morgan fingerprint density at radius 1 is 1.10 bits per heavy atom. The van der Waals surface area contributed by atoms with E-state index in [1.807, 2.05) is 13.0 Å². The maximum absolute atomic E-state index is 5.56. The van der Waals surface area contributed by atoms with Crippen LogP contribution in [0.2, 0.25) is 0 Å². The first-order chi connectivity index (χ1) is 9.65. The second-order valence-corrected chi connectivity index (χ2v) is 7.44. The van der Waals surface area contributed by atoms with E-state index in [1.165, 1.54) is 0 Å². The monoisotopic (exact) mass is 293 g/mol. The number of ether oxygens (including phenoxy) is 1. The Morgan fingerprint density at radius 3 is 2.29 bits per heavy atom. The van der Waals surface area contributed by atoms with Gasteiger partial charge in [-0.15, -0.1) is 0 Å². The number of hydrogen-bond acceptors (Lipinski definition) is 4. The molecule has 4 nitrogen and oxygen atoms in total. The molecule has 0 atom stereocenters. The summed E-state index contributed by atoms with van der Waals surface area (Å²) in [6.45, 7) is 15.9. The zero-order chi connectivity index (χ0) is 16.1. The maximum Gasteiger partial charge on any atom is 0.218 e. The molecule has 0 aliphatic carbocycles. The number of hydrogen-bond donors (Lipinski definition) is 1. The highest BCUT2D eigenvalue weighted by Gasteiger charge is 2.26. The number of aromatic nitrogens is 2. The Labute approximate surface area is 129 Å². The van der Waals surface area contributed by atoms with Gasteiger partial charge in [0.25, 0.3) is 0 Å². The van der Waals surface area contributed by atoms with Crippen molar-refractivity contribution in [1.29, 1.82) is 0 Å². The van der Waals surface area contributed by atoms with E-state index < -0.39 is 0 Å². The van der Waals surface area contributed by atoms with E-state index in [-0.39, 0.29) is 11.0 Å². The topological polar surface area (TPSA) is 47.0 Å². The molecule has 4 heteroatoms. The molecule has 21 heavy (non-hydrogen) atoms. The maximum atomic E-state index is 5.56. The number of anilines is 1. The Hall–Kier alpha value is -1.32. The van der Waals surface area contributed by atoms with Gasteiger partial charge in [-0.05, 0) is 39.0 Å². The minimum atomic E-state index is -0.0282. The van der Waals surface area contributed by atoms with Gasteiger partial charge in [-0.1, -0.05) is 27.7 Å². The van der Waals surface area contributed by atoms with Crippen LogP contribution >= 0.6 is 0 Å². The first kappa shape index (κ1) is 17.7. The van der Waals surface area contributed by atoms with Crippen molar-refractivity contribution in [2.75, 3.05) is 11.9 Å². The Morgan fingerprint density at radius 2 is 1.76 bits per heavy atom. The Kier molecular flexibility index (Phi) is 5.99. The summed E-state index contributed by atoms with van der Waals surface area (Å²) in [7, 11) is 0. The molecule has 0 saturated carbocycles. The van der Waals surface area contributed by atoms with Crippen molar-refractivity contribution >= 4 is 5.82 Å². The fourth-order valence-electron chi connectivity index (χ4n) is 2.81. The van der Waals surface area contributed by atoms with Gasteiger partial charge in [-0.2, -0.15) is 4.98 Å². The van der Waals surface area contributed by atoms with E-state index >= 15 is 0 Å². The molecule has 0 radical (unpaired) electrons. The van der Waals surface area contributed by atoms with Gasteiger partial charge in [0.05, 0.1) is 6.61 Å². The third-order valence-corrected chi connectivity index (χ3v) is 2.95. The summed E-state index contributed by atoms with van der Waals surface area (Å²) in [5, 5.41) is 3.54. The second-order valence-electron chi connectivity index (χ2n) is 7.44. The Bertz CT molecular complexity index is 426. The molecule has 0 aromatic carbocycles. The average Bonchev–Trinajstić information content (AvgIpc) is 2.24. The van der Waals surface area contributed by atoms with Gasteiger partial charge >= 0.3 is 0 Å². The predicted octanol–water partition coefficient (Wildman–Crippen LogP) is 4.45. The molecule has 0 spiro atoms. The fourth-order valence-corrected chi connectivity index (χ4v) is 2.81. The number of nitrogens with one attached hydrogen (secondary N) is 1. The lowest BCUT2D eigenvalue weighted by Crippen LogP contribution is -2.35. The molecular formula is C17H31N3O. The average molecular weight is 293 g/mol. The largest absolute Gasteiger partial charge is 0.478 e. The van der Waals surface area contributed by atoms with Crippen LogP contribution < -0.4 is 10.1 Å². The summed E-state index contributed by atoms with van der Waals surface area (Å²) in [6, 6.07) is 1.90. The standard InChI is InChI=1S/C17H31N3O/c1-8-10-13-18-14(11-15(19-13)21-9-2)20-17(6,7)12-16(3,4)5/h11H,8-10,12H2,1-7H3,(H,18,19,20). The summed E-state index contributed by atoms with van der Waals surface area (Å²) in [5.41, 5.74) is 0.234. The molecule has 1 aromatic rings. The van der Waals surface area contributed by atoms with Crippen molar-refractivity contribution in [2.45, 2.75) is 73.3 Å². The lowest BCUT2D eigenvalue weighted by Gasteiger charge is -2.33. The highest BCUT2D eigenvalue weighted by atomic mass is 16.5. The summed E-state index contributed by atoms with van der Waals surface area (Å²) < 4.78 is 5.56. The molecule has 0 saturated heterocycles. The van der Waals surface area contributed by atoms with E-state index in [1.54, 1.807) is 0 Å². The summed E-state index contributed by atoms with van der Waals surface area (Å²) >= 11 is 0. The normalized spacial score (nSPS) is 12.3. The van der Waals surface area contributed by atoms with E-state index in [0.29, 0.717) is 12.5 Å². The van der Waals surface area contributed by atoms with Crippen molar-refractivity contribution in [3.05, 3.63) is 11.9 Å². The van der Waals surface area contributed by atoms with Crippen LogP contribution in [0.15, 0.2) is 6.07 Å². The zero-order valence-corrected chi connectivity index (χ0v) is 14.7. The highest BCUT2D eigenvalue weighted by molar-refractivity contribution is 5.41. The Balaban J connectivity index is 2.95. The lowest BCUT2D eigenvalue weighted by molar-refractivity contribution is 0.301. The van der Waals surface area contributed by atoms with E-state index in [4.69, 9.17) is 4.74 Å². The fraction of sp³-hybridized carbons (Fsp3) is 0.765. The first-order valence-corrected chi connectivity index (χ1v) is 7.94. The van der Waals surface area contributed by atoms with Crippen LogP contribution in [0.4, 0.5) is 5.82 Å². The molecule has 1 aromatic heterocycles. The van der Waals surface area contributed by atoms with Crippen molar-refractivity contribution < 1.29 is 4.74 Å². The molecule has 0 bridgehead atoms. The summed E-state index contributed by atoms with van der Waals surface area (Å²) in [4.78, 5) is 9.06. The van der Waals surface area contributed by atoms with Crippen LogP contribution in [0.3, 0.4) is 0 Å². The number of aryl methyl sites for hydroxylation is 1. The van der Waals surface area contributed by atoms with Crippen LogP contribution in [-0.2, 0) is 6.42 Å². The molecule has 0 aliphatic heterocycles. The van der Waals surface area contributed by atoms with Crippen LogP contribution in [-0.4, -0.2) is 22.1 Å². The van der Waals surface area contributed by atoms with Gasteiger partial charge in [0.1, 0.15) is 11.6 Å². The molecule has 0 fully saturated rings. The minimum absolute atomic E-state index is 0.0282. The first-order valence-electron chi connectivity index (χ1n) is 7.94. The zero-order valence-electron chi connectivity index (χ0n) is 14.7. The molecular weight excluding hydrogens is 262 g/mol. The summed E-state index contributed by atoms with van der Waals surface area (Å²) in [5.74, 6) is 2.36. The SMILES string of the molecule is CCCc1nc(NC(C)(C)CC(C)(C)C)cc(OCC)n1. The predicted molar refractivity (Wildman–Crippen MR) is 89.0 cm³/mol. The lowest BCUT2D eigenvalue weighted by atomic mass is 9.82. The van der Waals surface area contributed by atoms with Crippen molar-refractivity contribution in [3.63, 3.8) is 0 Å². The van der Waals surface area contributed by atoms with E-state index in [9.17, 15) is 0 Å². The number of nitrogens with zero attached hydrogens (tertiary/aromatic N) is 2. The van der Waals surface area contributed by atoms with Gasteiger partial charge in [-0.3, -0.25) is 0 Å².